The number of hydrogen-bond acceptors (Lipinski definition) is 6. The molecule has 0 bridgehead atoms. The minimum absolute atomic E-state index is 0.203. The fourth-order valence-electron chi connectivity index (χ4n) is 4.06. The molecule has 10 heteroatoms. The third kappa shape index (κ3) is 27.0. The fourth-order valence-corrected chi connectivity index (χ4v) is 5.71. The molecule has 232 valence electrons. The van der Waals surface area contributed by atoms with Gasteiger partial charge in [-0.05, 0) is 30.5 Å². The molecule has 8 nitrogen and oxygen atoms in total. The Morgan fingerprint density at radius 3 is 1.59 bits per heavy atom. The van der Waals surface area contributed by atoms with Crippen LogP contribution in [0.5, 0.6) is 0 Å². The van der Waals surface area contributed by atoms with Crippen molar-refractivity contribution in [3.8, 4) is 0 Å². The maximum Gasteiger partial charge on any atom is 0.407 e. The van der Waals surface area contributed by atoms with Gasteiger partial charge in [0, 0.05) is 19.3 Å². The van der Waals surface area contributed by atoms with Gasteiger partial charge in [0.05, 0.1) is 6.61 Å². The van der Waals surface area contributed by atoms with E-state index >= 15 is 0 Å². The number of rotatable bonds is 27. The molecule has 2 amide bonds. The molecule has 0 fully saturated rings. The minimum Gasteiger partial charge on any atom is -0.446 e. The van der Waals surface area contributed by atoms with Crippen LogP contribution in [-0.4, -0.2) is 50.8 Å². The predicted molar refractivity (Wildman–Crippen MR) is 162 cm³/mol. The zero-order valence-corrected chi connectivity index (χ0v) is 26.8. The maximum atomic E-state index is 12.7. The first kappa shape index (κ1) is 38.0. The van der Waals surface area contributed by atoms with Crippen LogP contribution in [0.3, 0.4) is 0 Å². The topological polar surface area (TPSA) is 103 Å². The van der Waals surface area contributed by atoms with Crippen LogP contribution in [0.4, 0.5) is 9.59 Å². The van der Waals surface area contributed by atoms with Crippen LogP contribution < -0.4 is 10.6 Å². The lowest BCUT2D eigenvalue weighted by Gasteiger charge is -2.20. The van der Waals surface area contributed by atoms with Gasteiger partial charge in [0.2, 0.25) is 0 Å². The number of hydrogen-bond donors (Lipinski definition) is 2. The standard InChI is InChI=1S/C29H58ClN2O6P/c1-4-7-10-13-16-19-22-31-28(33)36-25-27(38-29(34)32-23-20-17-14-11-8-5-2)26-37-39(30,35)24-21-18-15-12-9-6-3/h27H,4-26H2,1-3H3,(H,31,33)(H,32,34)/t27-,39?/m1/s1. The molecule has 0 aromatic heterocycles. The van der Waals surface area contributed by atoms with E-state index in [4.69, 9.17) is 25.2 Å². The lowest BCUT2D eigenvalue weighted by molar-refractivity contribution is 0.0210. The molecular weight excluding hydrogens is 539 g/mol. The summed E-state index contributed by atoms with van der Waals surface area (Å²) in [6, 6.07) is 0. The Bertz CT molecular complexity index is 641. The zero-order valence-electron chi connectivity index (χ0n) is 25.1. The van der Waals surface area contributed by atoms with Gasteiger partial charge in [-0.15, -0.1) is 0 Å². The van der Waals surface area contributed by atoms with E-state index < -0.39 is 25.0 Å². The predicted octanol–water partition coefficient (Wildman–Crippen LogP) is 9.34. The Kier molecular flexibility index (Phi) is 26.5. The van der Waals surface area contributed by atoms with Crippen molar-refractivity contribution in [3.05, 3.63) is 0 Å². The second-order valence-corrected chi connectivity index (χ2v) is 13.8. The average Bonchev–Trinajstić information content (AvgIpc) is 2.91. The summed E-state index contributed by atoms with van der Waals surface area (Å²) in [6.07, 6.45) is 17.9. The van der Waals surface area contributed by atoms with Gasteiger partial charge < -0.3 is 24.6 Å². The van der Waals surface area contributed by atoms with Gasteiger partial charge >= 0.3 is 12.2 Å². The van der Waals surface area contributed by atoms with E-state index in [0.717, 1.165) is 57.8 Å². The van der Waals surface area contributed by atoms with Gasteiger partial charge in [0.15, 0.2) is 6.10 Å². The number of nitrogens with one attached hydrogen (secondary N) is 2. The number of alkyl carbamates (subject to hydrolysis) is 2. The molecule has 0 radical (unpaired) electrons. The van der Waals surface area contributed by atoms with Crippen molar-refractivity contribution in [1.82, 2.24) is 10.6 Å². The zero-order chi connectivity index (χ0) is 29.0. The Hall–Kier alpha value is -0.980. The summed E-state index contributed by atoms with van der Waals surface area (Å²) in [5.74, 6) is 0. The van der Waals surface area contributed by atoms with Crippen LogP contribution in [0.15, 0.2) is 0 Å². The van der Waals surface area contributed by atoms with Crippen molar-refractivity contribution in [2.45, 2.75) is 142 Å². The molecule has 2 N–H and O–H groups in total. The van der Waals surface area contributed by atoms with Crippen molar-refractivity contribution in [2.24, 2.45) is 0 Å². The van der Waals surface area contributed by atoms with Gasteiger partial charge in [-0.2, -0.15) is 0 Å². The first-order chi connectivity index (χ1) is 18.8. The van der Waals surface area contributed by atoms with E-state index in [9.17, 15) is 14.2 Å². The van der Waals surface area contributed by atoms with Gasteiger partial charge in [-0.25, -0.2) is 9.59 Å². The maximum absolute atomic E-state index is 12.7. The molecule has 0 heterocycles. The van der Waals surface area contributed by atoms with Gasteiger partial charge in [0.25, 0.3) is 6.72 Å². The number of carbonyl (C=O) groups excluding carboxylic acids is 2. The van der Waals surface area contributed by atoms with Crippen LogP contribution in [0.2, 0.25) is 0 Å². The number of amides is 2. The number of unbranched alkanes of at least 4 members (excludes halogenated alkanes) is 15. The number of halogens is 1. The molecule has 0 aliphatic rings. The molecule has 0 spiro atoms. The first-order valence-corrected chi connectivity index (χ1v) is 18.3. The van der Waals surface area contributed by atoms with E-state index in [1.807, 2.05) is 0 Å². The van der Waals surface area contributed by atoms with Crippen LogP contribution in [-0.2, 0) is 18.6 Å². The highest BCUT2D eigenvalue weighted by Crippen LogP contribution is 2.53. The Morgan fingerprint density at radius 1 is 0.641 bits per heavy atom. The van der Waals surface area contributed by atoms with Crippen LogP contribution >= 0.6 is 18.0 Å². The van der Waals surface area contributed by atoms with Crippen LogP contribution in [0, 0.1) is 0 Å². The average molecular weight is 597 g/mol. The normalized spacial score (nSPS) is 13.4. The minimum atomic E-state index is -3.36. The summed E-state index contributed by atoms with van der Waals surface area (Å²) in [7, 11) is 0. The third-order valence-corrected chi connectivity index (χ3v) is 8.69. The lowest BCUT2D eigenvalue weighted by atomic mass is 10.1. The van der Waals surface area contributed by atoms with E-state index in [2.05, 4.69) is 31.4 Å². The van der Waals surface area contributed by atoms with Crippen molar-refractivity contribution in [2.75, 3.05) is 32.5 Å². The Labute approximate surface area is 243 Å². The molecule has 1 unspecified atom stereocenters. The molecular formula is C29H58ClN2O6P. The molecule has 0 aromatic rings. The van der Waals surface area contributed by atoms with Gasteiger partial charge in [-0.3, -0.25) is 4.57 Å². The summed E-state index contributed by atoms with van der Waals surface area (Å²) in [4.78, 5) is 24.5. The quantitative estimate of drug-likeness (QED) is 0.0723. The second-order valence-electron chi connectivity index (χ2n) is 10.4. The molecule has 0 saturated heterocycles. The van der Waals surface area contributed by atoms with E-state index in [-0.39, 0.29) is 19.4 Å². The highest BCUT2D eigenvalue weighted by Gasteiger charge is 2.24. The molecule has 39 heavy (non-hydrogen) atoms. The lowest BCUT2D eigenvalue weighted by Crippen LogP contribution is -2.36. The second kappa shape index (κ2) is 27.2. The van der Waals surface area contributed by atoms with Crippen LogP contribution in [0.25, 0.3) is 0 Å². The first-order valence-electron chi connectivity index (χ1n) is 15.6. The number of carbonyl (C=O) groups is 2. The summed E-state index contributed by atoms with van der Waals surface area (Å²) in [5, 5.41) is 5.46. The summed E-state index contributed by atoms with van der Waals surface area (Å²) < 4.78 is 28.9. The van der Waals surface area contributed by atoms with Crippen molar-refractivity contribution >= 4 is 30.1 Å². The van der Waals surface area contributed by atoms with E-state index in [1.165, 1.54) is 51.4 Å². The molecule has 0 aliphatic carbocycles. The summed E-state index contributed by atoms with van der Waals surface area (Å²) in [6.45, 7) is 3.78. The third-order valence-electron chi connectivity index (χ3n) is 6.51. The van der Waals surface area contributed by atoms with Crippen molar-refractivity contribution < 1.29 is 28.2 Å². The van der Waals surface area contributed by atoms with Crippen molar-refractivity contribution in [3.63, 3.8) is 0 Å². The van der Waals surface area contributed by atoms with E-state index in [1.54, 1.807) is 0 Å². The largest absolute Gasteiger partial charge is 0.446 e. The number of ether oxygens (including phenoxy) is 2. The highest BCUT2D eigenvalue weighted by atomic mass is 35.7. The van der Waals surface area contributed by atoms with Crippen LogP contribution in [0.1, 0.15) is 136 Å². The molecule has 0 aliphatic heterocycles. The Morgan fingerprint density at radius 2 is 1.08 bits per heavy atom. The van der Waals surface area contributed by atoms with Gasteiger partial charge in [-0.1, -0.05) is 117 Å². The molecule has 2 atom stereocenters. The summed E-state index contributed by atoms with van der Waals surface area (Å²) in [5.41, 5.74) is 0. The monoisotopic (exact) mass is 596 g/mol. The highest BCUT2D eigenvalue weighted by molar-refractivity contribution is 7.85. The molecule has 0 rings (SSSR count). The SMILES string of the molecule is CCCCCCCCNC(=O)OC[C@H](COP(=O)(Cl)CCCCCCCC)OC(=O)NCCCCCCCC. The summed E-state index contributed by atoms with van der Waals surface area (Å²) >= 11 is 6.16. The molecule has 0 aromatic carbocycles. The molecule has 0 saturated carbocycles. The Balaban J connectivity index is 4.51. The van der Waals surface area contributed by atoms with Crippen molar-refractivity contribution in [1.29, 1.82) is 0 Å². The smallest absolute Gasteiger partial charge is 0.407 e. The van der Waals surface area contributed by atoms with Gasteiger partial charge in [0.1, 0.15) is 6.61 Å². The fraction of sp³-hybridized carbons (Fsp3) is 0.931. The van der Waals surface area contributed by atoms with E-state index in [0.29, 0.717) is 19.5 Å².